The number of hydrogen-bond donors (Lipinski definition) is 1. The van der Waals surface area contributed by atoms with Crippen molar-refractivity contribution < 1.29 is 4.79 Å². The van der Waals surface area contributed by atoms with E-state index in [9.17, 15) is 4.79 Å². The average molecular weight is 267 g/mol. The molecule has 0 fully saturated rings. The lowest BCUT2D eigenvalue weighted by molar-refractivity contribution is 0.0824. The standard InChI is InChI=1S/C16H17N3O/c1-9-7-8-11-13-14(9)17-12-6-4-3-5-10(12)15(13)18-19(2)16(11)20/h7-8,18H,3-6H2,1-2H3. The lowest BCUT2D eigenvalue weighted by Crippen LogP contribution is -2.36. The van der Waals surface area contributed by atoms with Crippen LogP contribution in [0, 0.1) is 6.92 Å². The Bertz CT molecular complexity index is 751. The number of hydrogen-bond acceptors (Lipinski definition) is 3. The molecule has 2 aromatic rings. The molecule has 0 bridgehead atoms. The molecule has 1 aliphatic heterocycles. The van der Waals surface area contributed by atoms with Gasteiger partial charge in [-0.15, -0.1) is 0 Å². The van der Waals surface area contributed by atoms with E-state index >= 15 is 0 Å². The van der Waals surface area contributed by atoms with Gasteiger partial charge < -0.3 is 0 Å². The van der Waals surface area contributed by atoms with E-state index in [2.05, 4.69) is 12.3 Å². The largest absolute Gasteiger partial charge is 0.295 e. The molecule has 0 unspecified atom stereocenters. The first-order valence-corrected chi connectivity index (χ1v) is 7.16. The summed E-state index contributed by atoms with van der Waals surface area (Å²) in [5, 5.41) is 2.59. The van der Waals surface area contributed by atoms with Crippen molar-refractivity contribution in [3.05, 3.63) is 34.5 Å². The van der Waals surface area contributed by atoms with Gasteiger partial charge in [-0.3, -0.25) is 20.2 Å². The number of carbonyl (C=O) groups is 1. The second-order valence-electron chi connectivity index (χ2n) is 5.75. The van der Waals surface area contributed by atoms with E-state index in [0.29, 0.717) is 0 Å². The number of anilines is 1. The van der Waals surface area contributed by atoms with Crippen LogP contribution in [0.4, 0.5) is 5.69 Å². The van der Waals surface area contributed by atoms with Crippen LogP contribution < -0.4 is 5.43 Å². The molecule has 2 aliphatic rings. The molecular formula is C16H17N3O. The van der Waals surface area contributed by atoms with Gasteiger partial charge >= 0.3 is 0 Å². The number of aryl methyl sites for hydroxylation is 2. The Morgan fingerprint density at radius 1 is 1.25 bits per heavy atom. The van der Waals surface area contributed by atoms with Crippen molar-refractivity contribution in [2.75, 3.05) is 12.5 Å². The van der Waals surface area contributed by atoms with Gasteiger partial charge in [-0.05, 0) is 49.8 Å². The van der Waals surface area contributed by atoms with Gasteiger partial charge in [-0.25, -0.2) is 0 Å². The molecule has 102 valence electrons. The van der Waals surface area contributed by atoms with E-state index < -0.39 is 0 Å². The molecule has 4 heteroatoms. The molecule has 20 heavy (non-hydrogen) atoms. The van der Waals surface area contributed by atoms with Gasteiger partial charge in [-0.2, -0.15) is 0 Å². The fourth-order valence-electron chi connectivity index (χ4n) is 3.36. The van der Waals surface area contributed by atoms with Crippen LogP contribution in [-0.4, -0.2) is 22.9 Å². The third-order valence-electron chi connectivity index (χ3n) is 4.43. The van der Waals surface area contributed by atoms with Crippen LogP contribution in [0.1, 0.15) is 40.0 Å². The molecule has 1 amide bonds. The van der Waals surface area contributed by atoms with Gasteiger partial charge in [0, 0.05) is 18.1 Å². The van der Waals surface area contributed by atoms with Crippen LogP contribution in [0.2, 0.25) is 0 Å². The summed E-state index contributed by atoms with van der Waals surface area (Å²) in [6.45, 7) is 2.06. The molecule has 1 aliphatic carbocycles. The number of carbonyl (C=O) groups excluding carboxylic acids is 1. The Morgan fingerprint density at radius 2 is 2.05 bits per heavy atom. The number of aromatic nitrogens is 1. The van der Waals surface area contributed by atoms with Crippen molar-refractivity contribution in [2.24, 2.45) is 0 Å². The zero-order chi connectivity index (χ0) is 13.9. The molecule has 0 saturated carbocycles. The van der Waals surface area contributed by atoms with Gasteiger partial charge in [0.1, 0.15) is 0 Å². The molecule has 1 aromatic heterocycles. The van der Waals surface area contributed by atoms with Crippen LogP contribution in [0.15, 0.2) is 12.1 Å². The van der Waals surface area contributed by atoms with E-state index in [0.717, 1.165) is 40.6 Å². The Morgan fingerprint density at radius 3 is 2.90 bits per heavy atom. The van der Waals surface area contributed by atoms with Crippen LogP contribution in [0.25, 0.3) is 10.9 Å². The summed E-state index contributed by atoms with van der Waals surface area (Å²) in [4.78, 5) is 17.2. The summed E-state index contributed by atoms with van der Waals surface area (Å²) < 4.78 is 0. The normalized spacial score (nSPS) is 17.1. The maximum absolute atomic E-state index is 12.3. The van der Waals surface area contributed by atoms with E-state index in [1.54, 1.807) is 12.1 Å². The molecule has 1 aromatic carbocycles. The molecule has 4 rings (SSSR count). The SMILES string of the molecule is Cc1ccc2c3c(c4c(nc13)CCCC4)NN(C)C2=O. The van der Waals surface area contributed by atoms with Crippen LogP contribution in [-0.2, 0) is 12.8 Å². The van der Waals surface area contributed by atoms with Crippen LogP contribution >= 0.6 is 0 Å². The molecule has 0 spiro atoms. The van der Waals surface area contributed by atoms with Crippen molar-refractivity contribution in [3.8, 4) is 0 Å². The number of rotatable bonds is 0. The third kappa shape index (κ3) is 1.42. The van der Waals surface area contributed by atoms with E-state index in [4.69, 9.17) is 4.98 Å². The number of nitrogens with zero attached hydrogens (tertiary/aromatic N) is 2. The number of amides is 1. The van der Waals surface area contributed by atoms with E-state index in [1.807, 2.05) is 12.1 Å². The number of benzene rings is 1. The number of pyridine rings is 1. The zero-order valence-corrected chi connectivity index (χ0v) is 11.8. The number of fused-ring (bicyclic) bond motifs is 2. The minimum Gasteiger partial charge on any atom is -0.295 e. The number of hydrazine groups is 1. The lowest BCUT2D eigenvalue weighted by Gasteiger charge is -2.31. The highest BCUT2D eigenvalue weighted by molar-refractivity contribution is 6.14. The van der Waals surface area contributed by atoms with Crippen molar-refractivity contribution >= 4 is 22.5 Å². The summed E-state index contributed by atoms with van der Waals surface area (Å²) in [6.07, 6.45) is 4.50. The molecule has 1 N–H and O–H groups in total. The fraction of sp³-hybridized carbons (Fsp3) is 0.375. The smallest absolute Gasteiger partial charge is 0.272 e. The molecule has 0 saturated heterocycles. The van der Waals surface area contributed by atoms with Crippen molar-refractivity contribution in [2.45, 2.75) is 32.6 Å². The van der Waals surface area contributed by atoms with Gasteiger partial charge in [0.25, 0.3) is 5.91 Å². The van der Waals surface area contributed by atoms with Gasteiger partial charge in [0.15, 0.2) is 0 Å². The first-order chi connectivity index (χ1) is 9.66. The second kappa shape index (κ2) is 3.95. The highest BCUT2D eigenvalue weighted by Gasteiger charge is 2.28. The minimum absolute atomic E-state index is 0.0139. The molecule has 0 radical (unpaired) electrons. The summed E-state index contributed by atoms with van der Waals surface area (Å²) in [5.41, 5.74) is 9.76. The molecule has 4 nitrogen and oxygen atoms in total. The number of nitrogens with one attached hydrogen (secondary N) is 1. The highest BCUT2D eigenvalue weighted by atomic mass is 16.2. The molecule has 2 heterocycles. The van der Waals surface area contributed by atoms with Crippen molar-refractivity contribution in [3.63, 3.8) is 0 Å². The molecular weight excluding hydrogens is 250 g/mol. The molecule has 0 atom stereocenters. The predicted octanol–water partition coefficient (Wildman–Crippen LogP) is 2.83. The topological polar surface area (TPSA) is 45.2 Å². The first-order valence-electron chi connectivity index (χ1n) is 7.16. The second-order valence-corrected chi connectivity index (χ2v) is 5.75. The summed E-state index contributed by atoms with van der Waals surface area (Å²) in [7, 11) is 1.78. The van der Waals surface area contributed by atoms with Crippen molar-refractivity contribution in [1.82, 2.24) is 9.99 Å². The Kier molecular flexibility index (Phi) is 2.31. The Hall–Kier alpha value is -2.10. The van der Waals surface area contributed by atoms with E-state index in [-0.39, 0.29) is 5.91 Å². The van der Waals surface area contributed by atoms with Gasteiger partial charge in [0.05, 0.1) is 16.8 Å². The summed E-state index contributed by atoms with van der Waals surface area (Å²) in [6, 6.07) is 3.93. The zero-order valence-electron chi connectivity index (χ0n) is 11.8. The third-order valence-corrected chi connectivity index (χ3v) is 4.43. The van der Waals surface area contributed by atoms with Crippen molar-refractivity contribution in [1.29, 1.82) is 0 Å². The predicted molar refractivity (Wildman–Crippen MR) is 78.8 cm³/mol. The minimum atomic E-state index is 0.0139. The Balaban J connectivity index is 2.16. The van der Waals surface area contributed by atoms with Gasteiger partial charge in [0.2, 0.25) is 0 Å². The monoisotopic (exact) mass is 267 g/mol. The first kappa shape index (κ1) is 11.7. The van der Waals surface area contributed by atoms with Crippen LogP contribution in [0.3, 0.4) is 0 Å². The average Bonchev–Trinajstić information content (AvgIpc) is 2.46. The van der Waals surface area contributed by atoms with Crippen LogP contribution in [0.5, 0.6) is 0 Å². The highest BCUT2D eigenvalue weighted by Crippen LogP contribution is 2.38. The van der Waals surface area contributed by atoms with E-state index in [1.165, 1.54) is 24.1 Å². The quantitative estimate of drug-likeness (QED) is 0.798. The summed E-state index contributed by atoms with van der Waals surface area (Å²) >= 11 is 0. The van der Waals surface area contributed by atoms with Gasteiger partial charge in [-0.1, -0.05) is 6.07 Å². The maximum atomic E-state index is 12.3. The summed E-state index contributed by atoms with van der Waals surface area (Å²) in [5.74, 6) is 0.0139. The fourth-order valence-corrected chi connectivity index (χ4v) is 3.36. The lowest BCUT2D eigenvalue weighted by atomic mass is 9.90. The Labute approximate surface area is 117 Å². The maximum Gasteiger partial charge on any atom is 0.272 e.